The van der Waals surface area contributed by atoms with Crippen molar-refractivity contribution in [2.75, 3.05) is 59.4 Å². The first kappa shape index (κ1) is 35.0. The third kappa shape index (κ3) is 5.62. The number of methoxy groups -OCH3 is 3. The number of carbonyl (C=O) groups excluding carboxylic acids is 2. The summed E-state index contributed by atoms with van der Waals surface area (Å²) in [5.74, 6) is -0.142. The molecule has 2 fully saturated rings. The third-order valence-electron chi connectivity index (χ3n) is 10.1. The van der Waals surface area contributed by atoms with E-state index < -0.39 is 27.5 Å². The Bertz CT molecular complexity index is 1880. The summed E-state index contributed by atoms with van der Waals surface area (Å²) in [6.07, 6.45) is 3.36. The molecule has 1 unspecified atom stereocenters. The summed E-state index contributed by atoms with van der Waals surface area (Å²) >= 11 is 6.67. The van der Waals surface area contributed by atoms with Gasteiger partial charge in [-0.25, -0.2) is 12.7 Å². The van der Waals surface area contributed by atoms with Crippen LogP contribution < -0.4 is 18.5 Å². The van der Waals surface area contributed by atoms with Gasteiger partial charge in [-0.05, 0) is 87.7 Å². The second-order valence-corrected chi connectivity index (χ2v) is 15.1. The molecule has 3 heterocycles. The number of likely N-dealkylation sites (N-methyl/N-ethyl adjacent to an activating group) is 1. The first-order valence-electron chi connectivity index (χ1n) is 16.4. The SMILES string of the molecule is COc1ccc(S(=O)(=O)N2C(=O)C(c3ccc([C@@H](C)N4CCCC4)cc3OC)(N3CCC[C@H]3C(=O)N(C)C)c3cc(Cl)ccc32)c(OC)c1. The Balaban J connectivity index is 1.63. The van der Waals surface area contributed by atoms with E-state index in [9.17, 15) is 13.2 Å². The molecule has 2 amide bonds. The van der Waals surface area contributed by atoms with Gasteiger partial charge in [0.2, 0.25) is 5.91 Å². The van der Waals surface area contributed by atoms with Crippen LogP contribution in [0.2, 0.25) is 5.02 Å². The van der Waals surface area contributed by atoms with Gasteiger partial charge in [-0.3, -0.25) is 19.4 Å². The molecule has 0 aliphatic carbocycles. The molecule has 3 aromatic carbocycles. The van der Waals surface area contributed by atoms with Crippen molar-refractivity contribution < 1.29 is 32.2 Å². The van der Waals surface area contributed by atoms with Gasteiger partial charge >= 0.3 is 0 Å². The Morgan fingerprint density at radius 1 is 0.898 bits per heavy atom. The van der Waals surface area contributed by atoms with Crippen molar-refractivity contribution in [1.82, 2.24) is 14.7 Å². The number of benzene rings is 3. The molecule has 0 N–H and O–H groups in total. The number of halogens is 1. The molecule has 3 aliphatic rings. The number of rotatable bonds is 10. The molecule has 13 heteroatoms. The monoisotopic (exact) mass is 710 g/mol. The maximum atomic E-state index is 15.6. The fraction of sp³-hybridized carbons (Fsp3) is 0.444. The van der Waals surface area contributed by atoms with Crippen LogP contribution in [0.25, 0.3) is 0 Å². The van der Waals surface area contributed by atoms with Gasteiger partial charge in [-0.1, -0.05) is 23.7 Å². The van der Waals surface area contributed by atoms with Gasteiger partial charge in [-0.2, -0.15) is 0 Å². The molecule has 49 heavy (non-hydrogen) atoms. The predicted octanol–water partition coefficient (Wildman–Crippen LogP) is 5.05. The number of anilines is 1. The maximum absolute atomic E-state index is 15.6. The zero-order valence-electron chi connectivity index (χ0n) is 28.7. The molecule has 0 bridgehead atoms. The van der Waals surface area contributed by atoms with E-state index in [0.29, 0.717) is 47.0 Å². The van der Waals surface area contributed by atoms with E-state index in [1.54, 1.807) is 32.3 Å². The van der Waals surface area contributed by atoms with Crippen molar-refractivity contribution >= 4 is 39.1 Å². The van der Waals surface area contributed by atoms with E-state index >= 15 is 4.79 Å². The summed E-state index contributed by atoms with van der Waals surface area (Å²) in [5.41, 5.74) is 0.119. The first-order valence-corrected chi connectivity index (χ1v) is 18.3. The summed E-state index contributed by atoms with van der Waals surface area (Å²) in [6, 6.07) is 14.2. The van der Waals surface area contributed by atoms with Gasteiger partial charge in [0.05, 0.1) is 33.1 Å². The number of hydrogen-bond acceptors (Lipinski definition) is 9. The first-order chi connectivity index (χ1) is 23.4. The quantitative estimate of drug-likeness (QED) is 0.286. The van der Waals surface area contributed by atoms with E-state index in [1.807, 2.05) is 23.1 Å². The fourth-order valence-corrected chi connectivity index (χ4v) is 9.47. The molecule has 0 radical (unpaired) electrons. The Labute approximate surface area is 293 Å². The van der Waals surface area contributed by atoms with E-state index in [2.05, 4.69) is 11.8 Å². The number of likely N-dealkylation sites (tertiary alicyclic amines) is 2. The molecule has 3 atom stereocenters. The molecule has 11 nitrogen and oxygen atoms in total. The predicted molar refractivity (Wildman–Crippen MR) is 187 cm³/mol. The Kier molecular flexibility index (Phi) is 9.62. The van der Waals surface area contributed by atoms with Gasteiger partial charge in [-0.15, -0.1) is 0 Å². The highest BCUT2D eigenvalue weighted by Gasteiger charge is 2.63. The molecule has 3 aromatic rings. The number of hydrogen-bond donors (Lipinski definition) is 0. The van der Waals surface area contributed by atoms with Crippen molar-refractivity contribution in [3.63, 3.8) is 0 Å². The number of fused-ring (bicyclic) bond motifs is 1. The van der Waals surface area contributed by atoms with Gasteiger partial charge in [0.15, 0.2) is 5.54 Å². The molecule has 262 valence electrons. The van der Waals surface area contributed by atoms with Gasteiger partial charge < -0.3 is 19.1 Å². The van der Waals surface area contributed by atoms with E-state index in [-0.39, 0.29) is 28.3 Å². The highest BCUT2D eigenvalue weighted by atomic mass is 35.5. The minimum absolute atomic E-state index is 0.0137. The number of nitrogens with zero attached hydrogens (tertiary/aromatic N) is 4. The zero-order chi connectivity index (χ0) is 35.2. The number of carbonyl (C=O) groups is 2. The summed E-state index contributed by atoms with van der Waals surface area (Å²) in [6.45, 7) is 4.47. The van der Waals surface area contributed by atoms with Crippen LogP contribution in [0.1, 0.15) is 55.3 Å². The van der Waals surface area contributed by atoms with Crippen LogP contribution in [0.5, 0.6) is 17.2 Å². The lowest BCUT2D eigenvalue weighted by molar-refractivity contribution is -0.138. The van der Waals surface area contributed by atoms with Crippen LogP contribution in [0.4, 0.5) is 5.69 Å². The van der Waals surface area contributed by atoms with Gasteiger partial charge in [0.1, 0.15) is 22.1 Å². The van der Waals surface area contributed by atoms with E-state index in [0.717, 1.165) is 35.8 Å². The second kappa shape index (κ2) is 13.5. The van der Waals surface area contributed by atoms with Crippen molar-refractivity contribution in [3.8, 4) is 17.2 Å². The van der Waals surface area contributed by atoms with Crippen LogP contribution in [0.3, 0.4) is 0 Å². The maximum Gasteiger partial charge on any atom is 0.274 e. The molecule has 0 spiro atoms. The fourth-order valence-electron chi connectivity index (χ4n) is 7.69. The van der Waals surface area contributed by atoms with Crippen LogP contribution in [0, 0.1) is 0 Å². The molecule has 6 rings (SSSR count). The Hall–Kier alpha value is -3.84. The third-order valence-corrected chi connectivity index (χ3v) is 12.1. The molecular formula is C36H43ClN4O7S. The van der Waals surface area contributed by atoms with Crippen LogP contribution in [-0.2, 0) is 25.2 Å². The van der Waals surface area contributed by atoms with E-state index in [4.69, 9.17) is 25.8 Å². The highest BCUT2D eigenvalue weighted by molar-refractivity contribution is 7.93. The standard InChI is InChI=1S/C36H43ClN4O7S/c1-23(39-17-7-8-18-39)24-11-14-27(31(20-24)47-5)36(40-19-9-10-30(40)34(42)38(2)3)28-21-25(37)12-15-29(28)41(35(36)43)49(44,45)33-16-13-26(46-4)22-32(33)48-6/h11-16,20-23,30H,7-10,17-19H2,1-6H3/t23-,30+,36?/m1/s1. The van der Waals surface area contributed by atoms with Crippen molar-refractivity contribution in [1.29, 1.82) is 0 Å². The minimum Gasteiger partial charge on any atom is -0.497 e. The summed E-state index contributed by atoms with van der Waals surface area (Å²) in [7, 11) is 3.11. The number of amides is 2. The van der Waals surface area contributed by atoms with E-state index in [1.165, 1.54) is 44.4 Å². The average molecular weight is 711 g/mol. The molecule has 2 saturated heterocycles. The van der Waals surface area contributed by atoms with Crippen LogP contribution in [-0.4, -0.2) is 96.0 Å². The number of ether oxygens (including phenoxy) is 3. The summed E-state index contributed by atoms with van der Waals surface area (Å²) < 4.78 is 47.3. The normalized spacial score (nSPS) is 21.9. The largest absolute Gasteiger partial charge is 0.497 e. The van der Waals surface area contributed by atoms with Crippen molar-refractivity contribution in [2.45, 2.75) is 55.1 Å². The molecule has 0 saturated carbocycles. The molecule has 0 aromatic heterocycles. The Morgan fingerprint density at radius 3 is 2.27 bits per heavy atom. The average Bonchev–Trinajstić information content (AvgIpc) is 3.86. The highest BCUT2D eigenvalue weighted by Crippen LogP contribution is 2.55. The summed E-state index contributed by atoms with van der Waals surface area (Å²) in [5, 5.41) is 0.310. The van der Waals surface area contributed by atoms with Gasteiger partial charge in [0.25, 0.3) is 15.9 Å². The lowest BCUT2D eigenvalue weighted by Gasteiger charge is -2.42. The summed E-state index contributed by atoms with van der Waals surface area (Å²) in [4.78, 5) is 34.9. The Morgan fingerprint density at radius 2 is 1.61 bits per heavy atom. The number of sulfonamides is 1. The van der Waals surface area contributed by atoms with Crippen LogP contribution in [0.15, 0.2) is 59.5 Å². The van der Waals surface area contributed by atoms with Gasteiger partial charge in [0, 0.05) is 48.9 Å². The van der Waals surface area contributed by atoms with Crippen molar-refractivity contribution in [2.24, 2.45) is 0 Å². The minimum atomic E-state index is -4.61. The lowest BCUT2D eigenvalue weighted by atomic mass is 9.80. The molecule has 3 aliphatic heterocycles. The molecular weight excluding hydrogens is 668 g/mol. The topological polar surface area (TPSA) is 109 Å². The second-order valence-electron chi connectivity index (χ2n) is 12.9. The van der Waals surface area contributed by atoms with Crippen LogP contribution >= 0.6 is 11.6 Å². The van der Waals surface area contributed by atoms with Crippen molar-refractivity contribution in [3.05, 3.63) is 76.3 Å². The lowest BCUT2D eigenvalue weighted by Crippen LogP contribution is -2.59. The zero-order valence-corrected chi connectivity index (χ0v) is 30.3. The smallest absolute Gasteiger partial charge is 0.274 e.